The molecule has 2 heteroatoms. The summed E-state index contributed by atoms with van der Waals surface area (Å²) >= 11 is 0. The molecule has 0 aromatic heterocycles. The molecule has 0 N–H and O–H groups in total. The summed E-state index contributed by atoms with van der Waals surface area (Å²) in [6.07, 6.45) is 0.775. The first-order valence-electron chi connectivity index (χ1n) is 5.25. The molecule has 1 aromatic rings. The number of hydrogen-bond acceptors (Lipinski definition) is 2. The van der Waals surface area contributed by atoms with Crippen molar-refractivity contribution in [2.45, 2.75) is 33.1 Å². The van der Waals surface area contributed by atoms with Gasteiger partial charge in [-0.2, -0.15) is 0 Å². The van der Waals surface area contributed by atoms with Crippen molar-refractivity contribution >= 4 is 5.97 Å². The smallest absolute Gasteiger partial charge is 0.313 e. The van der Waals surface area contributed by atoms with Crippen LogP contribution in [0.25, 0.3) is 0 Å². The Kier molecular flexibility index (Phi) is 3.89. The van der Waals surface area contributed by atoms with E-state index >= 15 is 0 Å². The quantitative estimate of drug-likeness (QED) is 0.711. The molecule has 0 radical (unpaired) electrons. The molecule has 1 unspecified atom stereocenters. The Morgan fingerprint density at radius 1 is 1.40 bits per heavy atom. The van der Waals surface area contributed by atoms with E-state index in [4.69, 9.17) is 4.74 Å². The van der Waals surface area contributed by atoms with E-state index in [1.165, 1.54) is 12.7 Å². The fourth-order valence-electron chi connectivity index (χ4n) is 1.79. The second kappa shape index (κ2) is 4.96. The van der Waals surface area contributed by atoms with Crippen molar-refractivity contribution in [3.8, 4) is 0 Å². The number of carbonyl (C=O) groups is 1. The Morgan fingerprint density at radius 2 is 2.07 bits per heavy atom. The highest BCUT2D eigenvalue weighted by Crippen LogP contribution is 2.25. The monoisotopic (exact) mass is 206 g/mol. The molecule has 0 aliphatic heterocycles. The molecule has 2 nitrogen and oxygen atoms in total. The lowest BCUT2D eigenvalue weighted by Crippen LogP contribution is -2.14. The highest BCUT2D eigenvalue weighted by molar-refractivity contribution is 5.78. The van der Waals surface area contributed by atoms with E-state index in [9.17, 15) is 4.79 Å². The highest BCUT2D eigenvalue weighted by Gasteiger charge is 2.20. The van der Waals surface area contributed by atoms with Crippen molar-refractivity contribution in [2.24, 2.45) is 0 Å². The van der Waals surface area contributed by atoms with E-state index in [1.807, 2.05) is 20.8 Å². The number of methoxy groups -OCH3 is 1. The fourth-order valence-corrected chi connectivity index (χ4v) is 1.79. The SMILES string of the molecule is CCC(C(=O)OC)c1cc(C)ccc1C. The van der Waals surface area contributed by atoms with Crippen LogP contribution in [-0.4, -0.2) is 13.1 Å². The van der Waals surface area contributed by atoms with E-state index < -0.39 is 0 Å². The molecule has 0 bridgehead atoms. The normalized spacial score (nSPS) is 12.3. The van der Waals surface area contributed by atoms with Crippen LogP contribution < -0.4 is 0 Å². The first kappa shape index (κ1) is 11.8. The summed E-state index contributed by atoms with van der Waals surface area (Å²) in [6, 6.07) is 6.18. The maximum Gasteiger partial charge on any atom is 0.313 e. The van der Waals surface area contributed by atoms with Crippen LogP contribution in [0.15, 0.2) is 18.2 Å². The minimum Gasteiger partial charge on any atom is -0.469 e. The molecule has 1 aromatic carbocycles. The van der Waals surface area contributed by atoms with Gasteiger partial charge in [0.2, 0.25) is 0 Å². The first-order chi connectivity index (χ1) is 7.10. The number of aryl methyl sites for hydroxylation is 2. The molecule has 15 heavy (non-hydrogen) atoms. The van der Waals surface area contributed by atoms with Gasteiger partial charge in [0.05, 0.1) is 13.0 Å². The average Bonchev–Trinajstić information content (AvgIpc) is 2.23. The van der Waals surface area contributed by atoms with Gasteiger partial charge < -0.3 is 4.74 Å². The van der Waals surface area contributed by atoms with Gasteiger partial charge in [0.15, 0.2) is 0 Å². The van der Waals surface area contributed by atoms with Crippen molar-refractivity contribution in [3.63, 3.8) is 0 Å². The zero-order chi connectivity index (χ0) is 11.4. The standard InChI is InChI=1S/C13H18O2/c1-5-11(13(14)15-4)12-8-9(2)6-7-10(12)3/h6-8,11H,5H2,1-4H3. The summed E-state index contributed by atoms with van der Waals surface area (Å²) in [6.45, 7) is 6.07. The van der Waals surface area contributed by atoms with Gasteiger partial charge in [-0.25, -0.2) is 0 Å². The zero-order valence-electron chi connectivity index (χ0n) is 9.83. The van der Waals surface area contributed by atoms with Crippen molar-refractivity contribution in [2.75, 3.05) is 7.11 Å². The number of benzene rings is 1. The van der Waals surface area contributed by atoms with Gasteiger partial charge in [-0.15, -0.1) is 0 Å². The summed E-state index contributed by atoms with van der Waals surface area (Å²) in [4.78, 5) is 11.6. The van der Waals surface area contributed by atoms with Crippen LogP contribution in [0.3, 0.4) is 0 Å². The van der Waals surface area contributed by atoms with Crippen LogP contribution in [0.5, 0.6) is 0 Å². The topological polar surface area (TPSA) is 26.3 Å². The van der Waals surface area contributed by atoms with Gasteiger partial charge in [0.1, 0.15) is 0 Å². The Bertz CT molecular complexity index is 356. The van der Waals surface area contributed by atoms with E-state index in [-0.39, 0.29) is 11.9 Å². The molecule has 0 amide bonds. The molecular weight excluding hydrogens is 188 g/mol. The number of rotatable bonds is 3. The minimum atomic E-state index is -0.147. The summed E-state index contributed by atoms with van der Waals surface area (Å²) < 4.78 is 4.81. The Morgan fingerprint density at radius 3 is 2.60 bits per heavy atom. The predicted molar refractivity (Wildman–Crippen MR) is 61.0 cm³/mol. The van der Waals surface area contributed by atoms with Crippen LogP contribution in [0.2, 0.25) is 0 Å². The van der Waals surface area contributed by atoms with Gasteiger partial charge in [0, 0.05) is 0 Å². The second-order valence-corrected chi connectivity index (χ2v) is 3.84. The zero-order valence-corrected chi connectivity index (χ0v) is 9.83. The van der Waals surface area contributed by atoms with Crippen LogP contribution in [0, 0.1) is 13.8 Å². The Labute approximate surface area is 91.3 Å². The Balaban J connectivity index is 3.11. The number of esters is 1. The third-order valence-electron chi connectivity index (χ3n) is 2.70. The lowest BCUT2D eigenvalue weighted by molar-refractivity contribution is -0.142. The van der Waals surface area contributed by atoms with E-state index in [0.717, 1.165) is 17.5 Å². The van der Waals surface area contributed by atoms with Crippen molar-refractivity contribution in [1.29, 1.82) is 0 Å². The number of hydrogen-bond donors (Lipinski definition) is 0. The van der Waals surface area contributed by atoms with Gasteiger partial charge in [0.25, 0.3) is 0 Å². The summed E-state index contributed by atoms with van der Waals surface area (Å²) in [5.41, 5.74) is 3.42. The van der Waals surface area contributed by atoms with Crippen molar-refractivity contribution in [3.05, 3.63) is 34.9 Å². The second-order valence-electron chi connectivity index (χ2n) is 3.84. The maximum absolute atomic E-state index is 11.6. The molecule has 1 atom stereocenters. The van der Waals surface area contributed by atoms with Crippen molar-refractivity contribution in [1.82, 2.24) is 0 Å². The molecule has 0 saturated heterocycles. The molecule has 0 fully saturated rings. The molecule has 82 valence electrons. The maximum atomic E-state index is 11.6. The third kappa shape index (κ3) is 2.58. The first-order valence-corrected chi connectivity index (χ1v) is 5.25. The number of carbonyl (C=O) groups excluding carboxylic acids is 1. The highest BCUT2D eigenvalue weighted by atomic mass is 16.5. The number of ether oxygens (including phenoxy) is 1. The Hall–Kier alpha value is -1.31. The third-order valence-corrected chi connectivity index (χ3v) is 2.70. The molecule has 1 rings (SSSR count). The molecule has 0 aliphatic carbocycles. The minimum absolute atomic E-state index is 0.130. The molecular formula is C13H18O2. The summed E-state index contributed by atoms with van der Waals surface area (Å²) in [5, 5.41) is 0. The lowest BCUT2D eigenvalue weighted by Gasteiger charge is -2.15. The summed E-state index contributed by atoms with van der Waals surface area (Å²) in [5.74, 6) is -0.277. The lowest BCUT2D eigenvalue weighted by atomic mass is 9.91. The van der Waals surface area contributed by atoms with Crippen LogP contribution in [-0.2, 0) is 9.53 Å². The van der Waals surface area contributed by atoms with E-state index in [1.54, 1.807) is 0 Å². The van der Waals surface area contributed by atoms with E-state index in [0.29, 0.717) is 0 Å². The predicted octanol–water partition coefficient (Wildman–Crippen LogP) is 2.97. The van der Waals surface area contributed by atoms with E-state index in [2.05, 4.69) is 18.2 Å². The molecule has 0 aliphatic rings. The van der Waals surface area contributed by atoms with Crippen LogP contribution in [0.4, 0.5) is 0 Å². The van der Waals surface area contributed by atoms with Crippen LogP contribution >= 0.6 is 0 Å². The molecule has 0 saturated carbocycles. The fraction of sp³-hybridized carbons (Fsp3) is 0.462. The van der Waals surface area contributed by atoms with Crippen LogP contribution in [0.1, 0.15) is 36.0 Å². The molecule has 0 spiro atoms. The van der Waals surface area contributed by atoms with Crippen molar-refractivity contribution < 1.29 is 9.53 Å². The van der Waals surface area contributed by atoms with Gasteiger partial charge >= 0.3 is 5.97 Å². The van der Waals surface area contributed by atoms with Gasteiger partial charge in [-0.05, 0) is 31.4 Å². The van der Waals surface area contributed by atoms with Gasteiger partial charge in [-0.1, -0.05) is 30.7 Å². The van der Waals surface area contributed by atoms with Gasteiger partial charge in [-0.3, -0.25) is 4.79 Å². The average molecular weight is 206 g/mol. The molecule has 0 heterocycles. The summed E-state index contributed by atoms with van der Waals surface area (Å²) in [7, 11) is 1.44. The largest absolute Gasteiger partial charge is 0.469 e.